The summed E-state index contributed by atoms with van der Waals surface area (Å²) in [5.41, 5.74) is 23.8. The van der Waals surface area contributed by atoms with Crippen molar-refractivity contribution < 1.29 is 0 Å². The second-order valence-corrected chi connectivity index (χ2v) is 16.8. The van der Waals surface area contributed by atoms with E-state index in [-0.39, 0.29) is 5.41 Å². The molecule has 0 aliphatic heterocycles. The van der Waals surface area contributed by atoms with Gasteiger partial charge in [0.15, 0.2) is 0 Å². The maximum Gasteiger partial charge on any atom is 0.0725 e. The highest BCUT2D eigenvalue weighted by Gasteiger charge is 2.52. The minimum absolute atomic E-state index is 0.120. The highest BCUT2D eigenvalue weighted by Crippen LogP contribution is 2.64. The van der Waals surface area contributed by atoms with E-state index in [1.165, 1.54) is 89.0 Å². The molecular formula is C58H41N. The van der Waals surface area contributed by atoms with Crippen LogP contribution in [0.25, 0.3) is 55.6 Å². The molecule has 9 aromatic carbocycles. The minimum atomic E-state index is -0.442. The first-order chi connectivity index (χ1) is 29.0. The Morgan fingerprint density at radius 2 is 0.780 bits per heavy atom. The maximum absolute atomic E-state index is 2.48. The molecule has 1 spiro atoms. The number of fused-ring (bicyclic) bond motifs is 13. The highest BCUT2D eigenvalue weighted by atomic mass is 15.1. The van der Waals surface area contributed by atoms with E-state index in [1.807, 2.05) is 0 Å². The van der Waals surface area contributed by atoms with Crippen LogP contribution in [0.1, 0.15) is 47.2 Å². The van der Waals surface area contributed by atoms with Crippen LogP contribution >= 0.6 is 0 Å². The molecule has 1 atom stereocenters. The fourth-order valence-corrected chi connectivity index (χ4v) is 10.9. The Balaban J connectivity index is 1.09. The van der Waals surface area contributed by atoms with E-state index < -0.39 is 5.41 Å². The fourth-order valence-electron chi connectivity index (χ4n) is 10.9. The van der Waals surface area contributed by atoms with E-state index >= 15 is 0 Å². The van der Waals surface area contributed by atoms with Gasteiger partial charge in [-0.3, -0.25) is 0 Å². The standard InChI is InChI=1S/C58H41N/c1-57(2)50-27-12-9-23-45(50)47-33-31-43(37-55(47)57)59(41-22-15-21-40(35-41)38-17-5-3-6-18-38)42-32-34-53-49(36-42)46-24-10-13-28-51(46)58(53)52-29-14-11-25-48(52)56-44(26-16-30-54(56)58)39-19-7-4-8-20-39/h3-37H,1-2H3. The van der Waals surface area contributed by atoms with Gasteiger partial charge >= 0.3 is 0 Å². The minimum Gasteiger partial charge on any atom is -0.310 e. The topological polar surface area (TPSA) is 3.24 Å². The van der Waals surface area contributed by atoms with Crippen molar-refractivity contribution in [3.63, 3.8) is 0 Å². The van der Waals surface area contributed by atoms with Crippen LogP contribution in [0.3, 0.4) is 0 Å². The molecular weight excluding hydrogens is 711 g/mol. The van der Waals surface area contributed by atoms with Gasteiger partial charge in [-0.15, -0.1) is 0 Å². The molecule has 0 saturated carbocycles. The summed E-state index contributed by atoms with van der Waals surface area (Å²) in [7, 11) is 0. The molecule has 9 aromatic rings. The normalized spacial score (nSPS) is 15.8. The van der Waals surface area contributed by atoms with Crippen LogP contribution in [-0.2, 0) is 10.8 Å². The highest BCUT2D eigenvalue weighted by molar-refractivity contribution is 6.01. The van der Waals surface area contributed by atoms with Gasteiger partial charge in [0.2, 0.25) is 0 Å². The number of nitrogens with zero attached hydrogens (tertiary/aromatic N) is 1. The molecule has 59 heavy (non-hydrogen) atoms. The molecule has 12 rings (SSSR count). The van der Waals surface area contributed by atoms with Gasteiger partial charge in [0.05, 0.1) is 5.41 Å². The lowest BCUT2D eigenvalue weighted by Crippen LogP contribution is -2.25. The smallest absolute Gasteiger partial charge is 0.0725 e. The summed E-state index contributed by atoms with van der Waals surface area (Å²) in [6, 6.07) is 79.2. The van der Waals surface area contributed by atoms with Gasteiger partial charge in [-0.05, 0) is 125 Å². The lowest BCUT2D eigenvalue weighted by molar-refractivity contribution is 0.660. The molecule has 1 unspecified atom stereocenters. The molecule has 0 bridgehead atoms. The third-order valence-corrected chi connectivity index (χ3v) is 13.5. The Morgan fingerprint density at radius 3 is 1.54 bits per heavy atom. The zero-order valence-electron chi connectivity index (χ0n) is 33.2. The van der Waals surface area contributed by atoms with E-state index in [9.17, 15) is 0 Å². The summed E-state index contributed by atoms with van der Waals surface area (Å²) in [5, 5.41) is 0. The van der Waals surface area contributed by atoms with Crippen molar-refractivity contribution >= 4 is 17.1 Å². The second kappa shape index (κ2) is 12.6. The van der Waals surface area contributed by atoms with Crippen LogP contribution in [0.5, 0.6) is 0 Å². The number of hydrogen-bond donors (Lipinski definition) is 0. The Kier molecular flexibility index (Phi) is 7.26. The van der Waals surface area contributed by atoms with Gasteiger partial charge < -0.3 is 4.90 Å². The molecule has 1 nitrogen and oxygen atoms in total. The maximum atomic E-state index is 2.48. The van der Waals surface area contributed by atoms with Crippen molar-refractivity contribution in [2.24, 2.45) is 0 Å². The van der Waals surface area contributed by atoms with E-state index in [1.54, 1.807) is 0 Å². The van der Waals surface area contributed by atoms with Crippen LogP contribution in [-0.4, -0.2) is 0 Å². The molecule has 0 radical (unpaired) electrons. The van der Waals surface area contributed by atoms with Crippen molar-refractivity contribution in [2.75, 3.05) is 4.90 Å². The van der Waals surface area contributed by atoms with Crippen molar-refractivity contribution in [1.29, 1.82) is 0 Å². The average molecular weight is 752 g/mol. The van der Waals surface area contributed by atoms with Gasteiger partial charge in [-0.1, -0.05) is 190 Å². The van der Waals surface area contributed by atoms with Gasteiger partial charge in [0.1, 0.15) is 0 Å². The van der Waals surface area contributed by atoms with Gasteiger partial charge in [0, 0.05) is 22.5 Å². The first-order valence-electron chi connectivity index (χ1n) is 20.8. The molecule has 3 aliphatic carbocycles. The third kappa shape index (κ3) is 4.73. The van der Waals surface area contributed by atoms with Gasteiger partial charge in [-0.25, -0.2) is 0 Å². The van der Waals surface area contributed by atoms with Crippen LogP contribution < -0.4 is 4.90 Å². The lowest BCUT2D eigenvalue weighted by atomic mass is 9.70. The molecule has 3 aliphatic rings. The average Bonchev–Trinajstić information content (AvgIpc) is 3.85. The zero-order valence-corrected chi connectivity index (χ0v) is 33.2. The van der Waals surface area contributed by atoms with Gasteiger partial charge in [-0.2, -0.15) is 0 Å². The van der Waals surface area contributed by atoms with E-state index in [0.717, 1.165) is 17.1 Å². The summed E-state index contributed by atoms with van der Waals surface area (Å²) in [4.78, 5) is 2.48. The third-order valence-electron chi connectivity index (χ3n) is 13.5. The molecule has 0 heterocycles. The van der Waals surface area contributed by atoms with Crippen molar-refractivity contribution in [1.82, 2.24) is 0 Å². The SMILES string of the molecule is CC1(C)c2ccccc2-c2ccc(N(c3cccc(-c4ccccc4)c3)c3ccc4c(c3)-c3ccccc3C43c4ccccc4-c4c(-c5ccccc5)cccc43)cc21. The Hall–Kier alpha value is -7.22. The summed E-state index contributed by atoms with van der Waals surface area (Å²) in [5.74, 6) is 0. The first-order valence-corrected chi connectivity index (χ1v) is 20.8. The molecule has 278 valence electrons. The van der Waals surface area contributed by atoms with E-state index in [0.29, 0.717) is 0 Å². The van der Waals surface area contributed by atoms with E-state index in [2.05, 4.69) is 231 Å². The van der Waals surface area contributed by atoms with Crippen molar-refractivity contribution in [3.8, 4) is 55.6 Å². The summed E-state index contributed by atoms with van der Waals surface area (Å²) >= 11 is 0. The number of benzene rings is 9. The summed E-state index contributed by atoms with van der Waals surface area (Å²) in [6.45, 7) is 4.74. The summed E-state index contributed by atoms with van der Waals surface area (Å²) < 4.78 is 0. The molecule has 1 heteroatoms. The summed E-state index contributed by atoms with van der Waals surface area (Å²) in [6.07, 6.45) is 0. The number of rotatable bonds is 5. The number of anilines is 3. The van der Waals surface area contributed by atoms with Crippen molar-refractivity contribution in [3.05, 3.63) is 246 Å². The van der Waals surface area contributed by atoms with Crippen LogP contribution in [0, 0.1) is 0 Å². The Bertz CT molecular complexity index is 3140. The largest absolute Gasteiger partial charge is 0.310 e. The first kappa shape index (κ1) is 33.9. The Labute approximate surface area is 346 Å². The molecule has 0 amide bonds. The molecule has 0 N–H and O–H groups in total. The van der Waals surface area contributed by atoms with Crippen molar-refractivity contribution in [2.45, 2.75) is 24.7 Å². The predicted octanol–water partition coefficient (Wildman–Crippen LogP) is 15.1. The van der Waals surface area contributed by atoms with Crippen LogP contribution in [0.4, 0.5) is 17.1 Å². The second-order valence-electron chi connectivity index (χ2n) is 16.8. The monoisotopic (exact) mass is 751 g/mol. The quantitative estimate of drug-likeness (QED) is 0.169. The molecule has 0 aromatic heterocycles. The lowest BCUT2D eigenvalue weighted by Gasteiger charge is -2.31. The molecule has 0 fully saturated rings. The zero-order chi connectivity index (χ0) is 39.3. The van der Waals surface area contributed by atoms with Crippen LogP contribution in [0.15, 0.2) is 212 Å². The fraction of sp³-hybridized carbons (Fsp3) is 0.0690. The van der Waals surface area contributed by atoms with E-state index in [4.69, 9.17) is 0 Å². The molecule has 0 saturated heterocycles. The number of hydrogen-bond acceptors (Lipinski definition) is 1. The predicted molar refractivity (Wildman–Crippen MR) is 246 cm³/mol. The van der Waals surface area contributed by atoms with Gasteiger partial charge in [0.25, 0.3) is 0 Å². The van der Waals surface area contributed by atoms with Crippen LogP contribution in [0.2, 0.25) is 0 Å². The Morgan fingerprint density at radius 1 is 0.288 bits per heavy atom.